The second-order valence-corrected chi connectivity index (χ2v) is 9.09. The number of rotatable bonds is 5. The molecule has 5 N–H and O–H groups in total. The molecule has 0 aromatic heterocycles. The Kier molecular flexibility index (Phi) is 5.93. The molecule has 3 aliphatic heterocycles. The molecule has 0 aliphatic carbocycles. The minimum absolute atomic E-state index is 0.00102. The van der Waals surface area contributed by atoms with E-state index >= 15 is 0 Å². The third kappa shape index (κ3) is 3.68. The minimum Gasteiger partial charge on any atom is -0.504 e. The number of cyclic esters (lactones) is 1. The van der Waals surface area contributed by atoms with Gasteiger partial charge in [-0.25, -0.2) is 4.79 Å². The topological polar surface area (TPSA) is 174 Å². The van der Waals surface area contributed by atoms with E-state index in [1.807, 2.05) is 0 Å². The predicted octanol–water partition coefficient (Wildman–Crippen LogP) is 0.799. The van der Waals surface area contributed by atoms with Crippen LogP contribution in [0.4, 0.5) is 0 Å². The lowest BCUT2D eigenvalue weighted by atomic mass is 9.89. The maximum Gasteiger partial charge on any atom is 0.339 e. The van der Waals surface area contributed by atoms with E-state index in [1.54, 1.807) is 18.2 Å². The number of fused-ring (bicyclic) bond motifs is 3. The molecule has 1 saturated heterocycles. The Bertz CT molecular complexity index is 1430. The molecule has 200 valence electrons. The summed E-state index contributed by atoms with van der Waals surface area (Å²) in [5, 5.41) is 51.8. The molecule has 1 fully saturated rings. The largest absolute Gasteiger partial charge is 0.504 e. The van der Waals surface area contributed by atoms with Gasteiger partial charge in [0.2, 0.25) is 13.1 Å². The third-order valence-corrected chi connectivity index (χ3v) is 6.95. The number of aromatic hydroxyl groups is 1. The van der Waals surface area contributed by atoms with Crippen molar-refractivity contribution in [1.29, 1.82) is 0 Å². The van der Waals surface area contributed by atoms with Gasteiger partial charge in [0.25, 0.3) is 0 Å². The molecule has 5 atom stereocenters. The Hall–Kier alpha value is -3.81. The lowest BCUT2D eigenvalue weighted by Crippen LogP contribution is -2.60. The fraction of sp³-hybridized carbons (Fsp3) is 0.346. The summed E-state index contributed by atoms with van der Waals surface area (Å²) in [5.74, 6) is 0.432. The van der Waals surface area contributed by atoms with Crippen molar-refractivity contribution in [3.8, 4) is 39.9 Å². The van der Waals surface area contributed by atoms with Gasteiger partial charge in [-0.15, -0.1) is 0 Å². The van der Waals surface area contributed by atoms with Gasteiger partial charge in [-0.05, 0) is 35.2 Å². The highest BCUT2D eigenvalue weighted by atomic mass is 16.7. The molecule has 0 unspecified atom stereocenters. The highest BCUT2D eigenvalue weighted by Crippen LogP contribution is 2.49. The molecule has 6 rings (SSSR count). The number of methoxy groups -OCH3 is 1. The molecule has 0 amide bonds. The molecule has 12 heteroatoms. The molecule has 3 aromatic rings. The summed E-state index contributed by atoms with van der Waals surface area (Å²) in [7, 11) is 1.50. The molecular weight excluding hydrogens is 504 g/mol. The molecule has 0 saturated carbocycles. The van der Waals surface area contributed by atoms with Gasteiger partial charge < -0.3 is 54.0 Å². The maximum atomic E-state index is 12.9. The fourth-order valence-corrected chi connectivity index (χ4v) is 5.06. The van der Waals surface area contributed by atoms with E-state index in [1.165, 1.54) is 19.2 Å². The lowest BCUT2D eigenvalue weighted by Gasteiger charge is -2.39. The van der Waals surface area contributed by atoms with Gasteiger partial charge in [0, 0.05) is 16.5 Å². The van der Waals surface area contributed by atoms with Crippen molar-refractivity contribution in [2.45, 2.75) is 37.3 Å². The van der Waals surface area contributed by atoms with Crippen LogP contribution in [0.3, 0.4) is 0 Å². The quantitative estimate of drug-likeness (QED) is 0.295. The second-order valence-electron chi connectivity index (χ2n) is 9.09. The Morgan fingerprint density at radius 2 is 1.68 bits per heavy atom. The van der Waals surface area contributed by atoms with Crippen LogP contribution in [0.5, 0.6) is 28.7 Å². The van der Waals surface area contributed by atoms with E-state index in [0.29, 0.717) is 44.7 Å². The molecule has 3 aromatic carbocycles. The van der Waals surface area contributed by atoms with E-state index in [4.69, 9.17) is 28.4 Å². The fourth-order valence-electron chi connectivity index (χ4n) is 5.06. The van der Waals surface area contributed by atoms with E-state index in [-0.39, 0.29) is 30.5 Å². The Morgan fingerprint density at radius 1 is 0.947 bits per heavy atom. The number of aliphatic hydroxyl groups is 4. The summed E-state index contributed by atoms with van der Waals surface area (Å²) in [6.07, 6.45) is -7.64. The van der Waals surface area contributed by atoms with Gasteiger partial charge in [0.15, 0.2) is 23.0 Å². The van der Waals surface area contributed by atoms with Crippen molar-refractivity contribution in [2.75, 3.05) is 20.5 Å². The first kappa shape index (κ1) is 24.5. The summed E-state index contributed by atoms with van der Waals surface area (Å²) >= 11 is 0. The zero-order valence-electron chi connectivity index (χ0n) is 20.0. The first-order valence-electron chi connectivity index (χ1n) is 11.8. The standard InChI is InChI=1S/C26H24O12/c1-33-24-12-6-17-16(35-9-36-17)5-11(12)19(20-13(24)8-34-25(20)32)10-2-3-14(28)15(4-10)37-26-23(31)22(30)21(29)18(7-27)38-26/h2-6,18,21-23,26-31H,7-9H2,1H3/t18-,21-,22+,23-,26-/m1/s1. The van der Waals surface area contributed by atoms with Crippen molar-refractivity contribution in [3.63, 3.8) is 0 Å². The van der Waals surface area contributed by atoms with Crippen LogP contribution in [0, 0.1) is 0 Å². The lowest BCUT2D eigenvalue weighted by molar-refractivity contribution is -0.277. The zero-order valence-corrected chi connectivity index (χ0v) is 20.0. The van der Waals surface area contributed by atoms with Crippen LogP contribution in [0.1, 0.15) is 15.9 Å². The van der Waals surface area contributed by atoms with Crippen LogP contribution >= 0.6 is 0 Å². The first-order valence-corrected chi connectivity index (χ1v) is 11.8. The number of hydrogen-bond acceptors (Lipinski definition) is 12. The summed E-state index contributed by atoms with van der Waals surface area (Å²) in [6.45, 7) is -0.596. The molecular formula is C26H24O12. The number of phenols is 1. The van der Waals surface area contributed by atoms with Crippen molar-refractivity contribution in [1.82, 2.24) is 0 Å². The molecule has 12 nitrogen and oxygen atoms in total. The molecule has 3 aliphatic rings. The normalized spacial score (nSPS) is 25.8. The van der Waals surface area contributed by atoms with Gasteiger partial charge in [0.05, 0.1) is 19.3 Å². The number of aliphatic hydroxyl groups excluding tert-OH is 4. The van der Waals surface area contributed by atoms with E-state index in [9.17, 15) is 30.3 Å². The van der Waals surface area contributed by atoms with Crippen molar-refractivity contribution in [3.05, 3.63) is 41.5 Å². The molecule has 0 spiro atoms. The second kappa shape index (κ2) is 9.19. The maximum absolute atomic E-state index is 12.9. The van der Waals surface area contributed by atoms with E-state index < -0.39 is 43.3 Å². The molecule has 0 radical (unpaired) electrons. The number of carbonyl (C=O) groups is 1. The van der Waals surface area contributed by atoms with Crippen molar-refractivity contribution >= 4 is 16.7 Å². The Balaban J connectivity index is 1.50. The third-order valence-electron chi connectivity index (χ3n) is 6.95. The van der Waals surface area contributed by atoms with Gasteiger partial charge >= 0.3 is 5.97 Å². The van der Waals surface area contributed by atoms with Crippen LogP contribution in [0.15, 0.2) is 30.3 Å². The van der Waals surface area contributed by atoms with E-state index in [0.717, 1.165) is 0 Å². The van der Waals surface area contributed by atoms with Crippen LogP contribution in [-0.4, -0.2) is 82.7 Å². The minimum atomic E-state index is -1.68. The van der Waals surface area contributed by atoms with Crippen molar-refractivity contribution < 1.29 is 58.7 Å². The number of ether oxygens (including phenoxy) is 6. The molecule has 3 heterocycles. The van der Waals surface area contributed by atoms with Crippen LogP contribution in [0.2, 0.25) is 0 Å². The first-order chi connectivity index (χ1) is 18.3. The average Bonchev–Trinajstić information content (AvgIpc) is 3.54. The summed E-state index contributed by atoms with van der Waals surface area (Å²) in [6, 6.07) is 7.84. The van der Waals surface area contributed by atoms with E-state index in [2.05, 4.69) is 0 Å². The zero-order chi connectivity index (χ0) is 26.7. The summed E-state index contributed by atoms with van der Waals surface area (Å²) in [4.78, 5) is 12.9. The SMILES string of the molecule is COc1c2c(c(-c3ccc(O)c(O[C@@H]4O[C@H](CO)[C@@H](O)[C@H](O)[C@H]4O)c3)c3cc4c(cc13)OCO4)C(=O)OC2. The van der Waals surface area contributed by atoms with Crippen LogP contribution < -0.4 is 18.9 Å². The monoisotopic (exact) mass is 528 g/mol. The highest BCUT2D eigenvalue weighted by molar-refractivity contribution is 6.14. The van der Waals surface area contributed by atoms with Crippen LogP contribution in [-0.2, 0) is 16.1 Å². The smallest absolute Gasteiger partial charge is 0.339 e. The Morgan fingerprint density at radius 3 is 2.39 bits per heavy atom. The van der Waals surface area contributed by atoms with Gasteiger partial charge in [-0.3, -0.25) is 0 Å². The highest BCUT2D eigenvalue weighted by Gasteiger charge is 2.45. The summed E-state index contributed by atoms with van der Waals surface area (Å²) in [5.41, 5.74) is 1.74. The van der Waals surface area contributed by atoms with Crippen molar-refractivity contribution in [2.24, 2.45) is 0 Å². The molecule has 0 bridgehead atoms. The van der Waals surface area contributed by atoms with Gasteiger partial charge in [0.1, 0.15) is 36.8 Å². The number of carbonyl (C=O) groups excluding carboxylic acids is 1. The number of benzene rings is 3. The predicted molar refractivity (Wildman–Crippen MR) is 127 cm³/mol. The van der Waals surface area contributed by atoms with Gasteiger partial charge in [-0.1, -0.05) is 6.07 Å². The van der Waals surface area contributed by atoms with Crippen LogP contribution in [0.25, 0.3) is 21.9 Å². The number of hydrogen-bond donors (Lipinski definition) is 5. The number of phenolic OH excluding ortho intramolecular Hbond substituents is 1. The summed E-state index contributed by atoms with van der Waals surface area (Å²) < 4.78 is 33.2. The Labute approximate surface area is 215 Å². The average molecular weight is 528 g/mol. The molecule has 38 heavy (non-hydrogen) atoms. The van der Waals surface area contributed by atoms with Gasteiger partial charge in [-0.2, -0.15) is 0 Å². The number of esters is 1.